The fraction of sp³-hybridized carbons (Fsp3) is 0.350. The number of hydrogen-bond donors (Lipinski definition) is 3. The Bertz CT molecular complexity index is 1910. The van der Waals surface area contributed by atoms with Crippen molar-refractivity contribution in [2.75, 3.05) is 17.7 Å². The molecule has 0 bridgehead atoms. The van der Waals surface area contributed by atoms with Crippen molar-refractivity contribution in [3.8, 4) is 23.0 Å². The Morgan fingerprint density at radius 3 is 2.16 bits per heavy atom. The van der Waals surface area contributed by atoms with E-state index in [-0.39, 0.29) is 22.5 Å². The molecule has 1 atom stereocenters. The molecule has 1 aliphatic rings. The predicted molar refractivity (Wildman–Crippen MR) is 199 cm³/mol. The molecule has 4 aromatic carbocycles. The number of aromatic hydroxyl groups is 1. The summed E-state index contributed by atoms with van der Waals surface area (Å²) in [7, 11) is 1.98. The van der Waals surface area contributed by atoms with Crippen molar-refractivity contribution in [2.45, 2.75) is 70.7 Å². The van der Waals surface area contributed by atoms with Gasteiger partial charge in [0.25, 0.3) is 5.91 Å². The summed E-state index contributed by atoms with van der Waals surface area (Å²) in [5, 5.41) is 18.1. The summed E-state index contributed by atoms with van der Waals surface area (Å²) in [5.74, 6) is 4.02. The predicted octanol–water partition coefficient (Wildman–Crippen LogP) is 8.70. The number of fused-ring (bicyclic) bond motifs is 1. The van der Waals surface area contributed by atoms with Gasteiger partial charge in [-0.25, -0.2) is 4.98 Å². The van der Waals surface area contributed by atoms with Gasteiger partial charge in [0.15, 0.2) is 0 Å². The maximum atomic E-state index is 13.4. The SMILES string of the molecule is Cn1c(COc2ccc(CC3CNCS3)cc2)nc2ccc(Oc3ccc(NC(=O)c4cc(C(C)(C)C)c(O)c(C(C)(C)C)c4)cc3)cc21. The third kappa shape index (κ3) is 8.06. The molecule has 1 saturated heterocycles. The maximum absolute atomic E-state index is 13.4. The molecule has 1 unspecified atom stereocenters. The number of benzene rings is 4. The molecule has 1 aromatic heterocycles. The van der Waals surface area contributed by atoms with Gasteiger partial charge in [-0.3, -0.25) is 4.79 Å². The third-order valence-corrected chi connectivity index (χ3v) is 10.0. The first-order valence-electron chi connectivity index (χ1n) is 16.7. The average Bonchev–Trinajstić information content (AvgIpc) is 3.68. The number of amides is 1. The fourth-order valence-corrected chi connectivity index (χ4v) is 7.00. The summed E-state index contributed by atoms with van der Waals surface area (Å²) in [6.07, 6.45) is 1.06. The lowest BCUT2D eigenvalue weighted by atomic mass is 9.78. The monoisotopic (exact) mass is 678 g/mol. The zero-order valence-electron chi connectivity index (χ0n) is 29.4. The number of ether oxygens (including phenoxy) is 2. The quantitative estimate of drug-likeness (QED) is 0.144. The molecule has 2 heterocycles. The minimum absolute atomic E-state index is 0.237. The fourth-order valence-electron chi connectivity index (χ4n) is 5.99. The number of carbonyl (C=O) groups is 1. The number of anilines is 1. The largest absolute Gasteiger partial charge is 0.507 e. The van der Waals surface area contributed by atoms with Crippen LogP contribution in [0.1, 0.15) is 74.4 Å². The number of nitrogens with zero attached hydrogens (tertiary/aromatic N) is 2. The number of rotatable bonds is 9. The average molecular weight is 679 g/mol. The summed E-state index contributed by atoms with van der Waals surface area (Å²) in [5.41, 5.74) is 5.11. The highest BCUT2D eigenvalue weighted by Crippen LogP contribution is 2.40. The molecular formula is C40H46N4O4S. The van der Waals surface area contributed by atoms with Crippen LogP contribution in [0.15, 0.2) is 78.9 Å². The molecule has 5 aromatic rings. The first kappa shape index (κ1) is 34.4. The van der Waals surface area contributed by atoms with Crippen molar-refractivity contribution < 1.29 is 19.4 Å². The molecule has 8 nitrogen and oxygen atoms in total. The number of aromatic nitrogens is 2. The molecule has 3 N–H and O–H groups in total. The Balaban J connectivity index is 1.09. The second-order valence-corrected chi connectivity index (χ2v) is 16.1. The van der Waals surface area contributed by atoms with Gasteiger partial charge in [0.1, 0.15) is 35.4 Å². The van der Waals surface area contributed by atoms with Crippen molar-refractivity contribution in [1.82, 2.24) is 14.9 Å². The zero-order chi connectivity index (χ0) is 34.9. The maximum Gasteiger partial charge on any atom is 0.255 e. The number of thioether (sulfide) groups is 1. The number of carbonyl (C=O) groups excluding carboxylic acids is 1. The lowest BCUT2D eigenvalue weighted by Gasteiger charge is -2.28. The standard InChI is InChI=1S/C40H46N4O4S/c1-39(2,3)32-19-26(20-33(37(32)45)40(4,5)6)38(46)42-27-10-14-29(15-11-27)48-30-16-17-34-35(21-30)44(7)36(43-34)23-47-28-12-8-25(9-13-28)18-31-22-41-24-49-31/h8-17,19-21,31,41,45H,18,22-24H2,1-7H3,(H,42,46). The minimum atomic E-state index is -0.328. The number of imidazole rings is 1. The van der Waals surface area contributed by atoms with E-state index in [9.17, 15) is 9.90 Å². The number of aryl methyl sites for hydroxylation is 1. The van der Waals surface area contributed by atoms with Crippen LogP contribution in [0.2, 0.25) is 0 Å². The van der Waals surface area contributed by atoms with Crippen LogP contribution in [0.3, 0.4) is 0 Å². The number of phenolic OH excluding ortho intramolecular Hbond substituents is 1. The Hall–Kier alpha value is -4.47. The lowest BCUT2D eigenvalue weighted by molar-refractivity contribution is 0.102. The smallest absolute Gasteiger partial charge is 0.255 e. The molecular weight excluding hydrogens is 633 g/mol. The van der Waals surface area contributed by atoms with E-state index in [0.29, 0.717) is 34.6 Å². The lowest BCUT2D eigenvalue weighted by Crippen LogP contribution is -2.20. The molecule has 0 spiro atoms. The zero-order valence-corrected chi connectivity index (χ0v) is 30.2. The van der Waals surface area contributed by atoms with E-state index in [1.165, 1.54) is 5.56 Å². The third-order valence-electron chi connectivity index (χ3n) is 8.83. The van der Waals surface area contributed by atoms with Gasteiger partial charge in [0.05, 0.1) is 11.0 Å². The van der Waals surface area contributed by atoms with E-state index in [4.69, 9.17) is 14.5 Å². The molecule has 0 saturated carbocycles. The number of nitrogens with one attached hydrogen (secondary N) is 2. The van der Waals surface area contributed by atoms with E-state index < -0.39 is 0 Å². The van der Waals surface area contributed by atoms with Crippen LogP contribution in [0.4, 0.5) is 5.69 Å². The minimum Gasteiger partial charge on any atom is -0.507 e. The molecule has 1 amide bonds. The Morgan fingerprint density at radius 2 is 1.55 bits per heavy atom. The molecule has 49 heavy (non-hydrogen) atoms. The van der Waals surface area contributed by atoms with Gasteiger partial charge in [-0.15, -0.1) is 11.8 Å². The molecule has 0 radical (unpaired) electrons. The number of hydrogen-bond acceptors (Lipinski definition) is 7. The van der Waals surface area contributed by atoms with Gasteiger partial charge in [0, 0.05) is 53.2 Å². The van der Waals surface area contributed by atoms with E-state index in [0.717, 1.165) is 52.6 Å². The molecule has 9 heteroatoms. The molecule has 1 fully saturated rings. The van der Waals surface area contributed by atoms with Crippen molar-refractivity contribution in [2.24, 2.45) is 7.05 Å². The summed E-state index contributed by atoms with van der Waals surface area (Å²) in [4.78, 5) is 18.2. The summed E-state index contributed by atoms with van der Waals surface area (Å²) < 4.78 is 14.3. The van der Waals surface area contributed by atoms with Crippen LogP contribution < -0.4 is 20.1 Å². The first-order valence-corrected chi connectivity index (χ1v) is 17.8. The van der Waals surface area contributed by atoms with Gasteiger partial charge in [0.2, 0.25) is 0 Å². The molecule has 0 aliphatic carbocycles. The van der Waals surface area contributed by atoms with Crippen LogP contribution in [-0.2, 0) is 30.9 Å². The second-order valence-electron chi connectivity index (χ2n) is 14.8. The topological polar surface area (TPSA) is 97.6 Å². The second kappa shape index (κ2) is 13.8. The van der Waals surface area contributed by atoms with E-state index in [1.54, 1.807) is 12.1 Å². The summed E-state index contributed by atoms with van der Waals surface area (Å²) in [6.45, 7) is 13.6. The van der Waals surface area contributed by atoms with Crippen molar-refractivity contribution in [3.63, 3.8) is 0 Å². The van der Waals surface area contributed by atoms with Crippen molar-refractivity contribution in [3.05, 3.63) is 107 Å². The Morgan fingerprint density at radius 1 is 0.918 bits per heavy atom. The van der Waals surface area contributed by atoms with Gasteiger partial charge >= 0.3 is 0 Å². The van der Waals surface area contributed by atoms with Gasteiger partial charge in [-0.05, 0) is 83.5 Å². The molecule has 6 rings (SSSR count). The summed E-state index contributed by atoms with van der Waals surface area (Å²) >= 11 is 1.98. The highest BCUT2D eigenvalue weighted by Gasteiger charge is 2.28. The molecule has 1 aliphatic heterocycles. The number of phenols is 1. The van der Waals surface area contributed by atoms with Gasteiger partial charge in [-0.2, -0.15) is 0 Å². The Kier molecular flexibility index (Phi) is 9.69. The van der Waals surface area contributed by atoms with Crippen LogP contribution in [0, 0.1) is 0 Å². The van der Waals surface area contributed by atoms with E-state index in [2.05, 4.69) is 22.8 Å². The normalized spacial score (nSPS) is 15.0. The van der Waals surface area contributed by atoms with Crippen molar-refractivity contribution >= 4 is 34.4 Å². The van der Waals surface area contributed by atoms with Crippen molar-refractivity contribution in [1.29, 1.82) is 0 Å². The van der Waals surface area contributed by atoms with Gasteiger partial charge in [-0.1, -0.05) is 53.7 Å². The highest BCUT2D eigenvalue weighted by atomic mass is 32.2. The van der Waals surface area contributed by atoms with Crippen LogP contribution >= 0.6 is 11.8 Å². The van der Waals surface area contributed by atoms with E-state index in [1.807, 2.05) is 120 Å². The first-order chi connectivity index (χ1) is 23.2. The van der Waals surface area contributed by atoms with Crippen LogP contribution in [0.25, 0.3) is 11.0 Å². The van der Waals surface area contributed by atoms with Gasteiger partial charge < -0.3 is 29.8 Å². The molecule has 256 valence electrons. The van der Waals surface area contributed by atoms with Crippen LogP contribution in [0.5, 0.6) is 23.0 Å². The van der Waals surface area contributed by atoms with Crippen LogP contribution in [-0.4, -0.2) is 38.2 Å². The van der Waals surface area contributed by atoms with E-state index >= 15 is 0 Å². The highest BCUT2D eigenvalue weighted by molar-refractivity contribution is 8.00. The summed E-state index contributed by atoms with van der Waals surface area (Å²) in [6, 6.07) is 25.0. The Labute approximate surface area is 293 Å².